The van der Waals surface area contributed by atoms with Crippen molar-refractivity contribution in [1.82, 2.24) is 20.9 Å². The third kappa shape index (κ3) is 5.06. The fourth-order valence-corrected chi connectivity index (χ4v) is 2.94. The standard InChI is InChI=1S/C17H22N4O2S/c1-11(15-10-24-12(2)21-15)20-17(23)19-8-7-13-5-4-6-14(9-13)16(22)18-3/h4-6,9-11H,7-8H2,1-3H3,(H,18,22)(H2,19,20,23). The zero-order valence-electron chi connectivity index (χ0n) is 14.1. The molecule has 1 unspecified atom stereocenters. The van der Waals surface area contributed by atoms with Gasteiger partial charge in [0, 0.05) is 24.5 Å². The van der Waals surface area contributed by atoms with Crippen LogP contribution in [0.5, 0.6) is 0 Å². The van der Waals surface area contributed by atoms with E-state index in [9.17, 15) is 9.59 Å². The molecule has 0 radical (unpaired) electrons. The summed E-state index contributed by atoms with van der Waals surface area (Å²) in [7, 11) is 1.60. The molecule has 2 aromatic rings. The van der Waals surface area contributed by atoms with Gasteiger partial charge in [0.2, 0.25) is 0 Å². The van der Waals surface area contributed by atoms with Gasteiger partial charge in [-0.2, -0.15) is 0 Å². The Morgan fingerprint density at radius 2 is 2.12 bits per heavy atom. The predicted octanol–water partition coefficient (Wildman–Crippen LogP) is 2.41. The van der Waals surface area contributed by atoms with Gasteiger partial charge in [-0.05, 0) is 38.0 Å². The van der Waals surface area contributed by atoms with E-state index >= 15 is 0 Å². The first-order valence-electron chi connectivity index (χ1n) is 7.77. The Morgan fingerprint density at radius 3 is 2.79 bits per heavy atom. The quantitative estimate of drug-likeness (QED) is 0.751. The molecule has 0 aliphatic heterocycles. The maximum Gasteiger partial charge on any atom is 0.315 e. The largest absolute Gasteiger partial charge is 0.355 e. The van der Waals surface area contributed by atoms with Crippen LogP contribution in [0, 0.1) is 6.92 Å². The van der Waals surface area contributed by atoms with Gasteiger partial charge in [-0.25, -0.2) is 9.78 Å². The van der Waals surface area contributed by atoms with E-state index < -0.39 is 0 Å². The van der Waals surface area contributed by atoms with Crippen molar-refractivity contribution in [3.05, 3.63) is 51.5 Å². The van der Waals surface area contributed by atoms with Crippen molar-refractivity contribution in [2.45, 2.75) is 26.3 Å². The van der Waals surface area contributed by atoms with Gasteiger partial charge in [0.15, 0.2) is 0 Å². The summed E-state index contributed by atoms with van der Waals surface area (Å²) in [6.07, 6.45) is 0.655. The molecule has 7 heteroatoms. The molecule has 0 spiro atoms. The number of nitrogens with zero attached hydrogens (tertiary/aromatic N) is 1. The Kier molecular flexibility index (Phi) is 6.31. The number of aromatic nitrogens is 1. The number of hydrogen-bond acceptors (Lipinski definition) is 4. The molecule has 0 aliphatic rings. The third-order valence-corrected chi connectivity index (χ3v) is 4.34. The Balaban J connectivity index is 1.79. The van der Waals surface area contributed by atoms with Crippen LogP contribution in [0.2, 0.25) is 0 Å². The van der Waals surface area contributed by atoms with E-state index in [4.69, 9.17) is 0 Å². The molecule has 3 N–H and O–H groups in total. The van der Waals surface area contributed by atoms with Crippen LogP contribution in [0.4, 0.5) is 4.79 Å². The molecule has 1 aromatic heterocycles. The van der Waals surface area contributed by atoms with Crippen LogP contribution in [-0.4, -0.2) is 30.5 Å². The SMILES string of the molecule is CNC(=O)c1cccc(CCNC(=O)NC(C)c2csc(C)n2)c1. The molecule has 128 valence electrons. The summed E-state index contributed by atoms with van der Waals surface area (Å²) in [6.45, 7) is 4.33. The zero-order valence-corrected chi connectivity index (χ0v) is 14.9. The Hall–Kier alpha value is -2.41. The third-order valence-electron chi connectivity index (χ3n) is 3.54. The minimum Gasteiger partial charge on any atom is -0.355 e. The van der Waals surface area contributed by atoms with Gasteiger partial charge < -0.3 is 16.0 Å². The second-order valence-corrected chi connectivity index (χ2v) is 6.51. The van der Waals surface area contributed by atoms with Crippen molar-refractivity contribution in [1.29, 1.82) is 0 Å². The van der Waals surface area contributed by atoms with Crippen molar-refractivity contribution >= 4 is 23.3 Å². The number of benzene rings is 1. The zero-order chi connectivity index (χ0) is 17.5. The lowest BCUT2D eigenvalue weighted by Crippen LogP contribution is -2.38. The molecule has 1 heterocycles. The number of carbonyl (C=O) groups is 2. The van der Waals surface area contributed by atoms with Gasteiger partial charge in [-0.1, -0.05) is 12.1 Å². The van der Waals surface area contributed by atoms with E-state index in [0.717, 1.165) is 16.3 Å². The van der Waals surface area contributed by atoms with Gasteiger partial charge in [0.25, 0.3) is 5.91 Å². The number of aryl methyl sites for hydroxylation is 1. The van der Waals surface area contributed by atoms with Gasteiger partial charge >= 0.3 is 6.03 Å². The highest BCUT2D eigenvalue weighted by molar-refractivity contribution is 7.09. The van der Waals surface area contributed by atoms with Crippen LogP contribution in [0.15, 0.2) is 29.6 Å². The van der Waals surface area contributed by atoms with E-state index in [1.807, 2.05) is 37.4 Å². The number of amides is 3. The molecule has 1 atom stereocenters. The lowest BCUT2D eigenvalue weighted by Gasteiger charge is -2.13. The predicted molar refractivity (Wildman–Crippen MR) is 95.3 cm³/mol. The Morgan fingerprint density at radius 1 is 1.33 bits per heavy atom. The summed E-state index contributed by atoms with van der Waals surface area (Å²) in [4.78, 5) is 27.9. The number of urea groups is 1. The normalized spacial score (nSPS) is 11.6. The summed E-state index contributed by atoms with van der Waals surface area (Å²) < 4.78 is 0. The van der Waals surface area contributed by atoms with E-state index in [1.165, 1.54) is 0 Å². The molecule has 0 saturated carbocycles. The lowest BCUT2D eigenvalue weighted by atomic mass is 10.1. The highest BCUT2D eigenvalue weighted by Crippen LogP contribution is 2.15. The fourth-order valence-electron chi connectivity index (χ4n) is 2.23. The number of rotatable bonds is 6. The van der Waals surface area contributed by atoms with Crippen molar-refractivity contribution in [2.24, 2.45) is 0 Å². The van der Waals surface area contributed by atoms with Crippen LogP contribution >= 0.6 is 11.3 Å². The smallest absolute Gasteiger partial charge is 0.315 e. The molecule has 1 aromatic carbocycles. The highest BCUT2D eigenvalue weighted by atomic mass is 32.1. The molecule has 0 aliphatic carbocycles. The van der Waals surface area contributed by atoms with E-state index in [1.54, 1.807) is 24.5 Å². The monoisotopic (exact) mass is 346 g/mol. The minimum absolute atomic E-state index is 0.116. The van der Waals surface area contributed by atoms with Crippen molar-refractivity contribution < 1.29 is 9.59 Å². The lowest BCUT2D eigenvalue weighted by molar-refractivity contribution is 0.0963. The summed E-state index contributed by atoms with van der Waals surface area (Å²) in [5, 5.41) is 11.2. The van der Waals surface area contributed by atoms with Crippen LogP contribution < -0.4 is 16.0 Å². The van der Waals surface area contributed by atoms with E-state index in [0.29, 0.717) is 18.5 Å². The molecule has 3 amide bonds. The second kappa shape index (κ2) is 8.44. The highest BCUT2D eigenvalue weighted by Gasteiger charge is 2.11. The summed E-state index contributed by atoms with van der Waals surface area (Å²) in [5.41, 5.74) is 2.48. The molecule has 2 rings (SSSR count). The number of nitrogens with one attached hydrogen (secondary N) is 3. The first-order valence-corrected chi connectivity index (χ1v) is 8.65. The van der Waals surface area contributed by atoms with Crippen LogP contribution in [0.1, 0.15) is 39.6 Å². The van der Waals surface area contributed by atoms with Gasteiger partial charge in [0.05, 0.1) is 16.7 Å². The molecule has 24 heavy (non-hydrogen) atoms. The number of thiazole rings is 1. The molecule has 0 saturated heterocycles. The summed E-state index contributed by atoms with van der Waals surface area (Å²) in [6, 6.07) is 7.01. The Bertz CT molecular complexity index is 714. The minimum atomic E-state index is -0.226. The maximum atomic E-state index is 11.9. The molecule has 0 fully saturated rings. The maximum absolute atomic E-state index is 11.9. The topological polar surface area (TPSA) is 83.1 Å². The second-order valence-electron chi connectivity index (χ2n) is 5.44. The first-order chi connectivity index (χ1) is 11.5. The first kappa shape index (κ1) is 17.9. The van der Waals surface area contributed by atoms with Crippen LogP contribution in [-0.2, 0) is 6.42 Å². The van der Waals surface area contributed by atoms with Crippen LogP contribution in [0.25, 0.3) is 0 Å². The van der Waals surface area contributed by atoms with Crippen molar-refractivity contribution in [3.8, 4) is 0 Å². The fraction of sp³-hybridized carbons (Fsp3) is 0.353. The number of carbonyl (C=O) groups excluding carboxylic acids is 2. The molecule has 0 bridgehead atoms. The summed E-state index contributed by atoms with van der Waals surface area (Å²) in [5.74, 6) is -0.116. The van der Waals surface area contributed by atoms with Gasteiger partial charge in [0.1, 0.15) is 0 Å². The molecular formula is C17H22N4O2S. The van der Waals surface area contributed by atoms with Crippen molar-refractivity contribution in [2.75, 3.05) is 13.6 Å². The van der Waals surface area contributed by atoms with Gasteiger partial charge in [-0.3, -0.25) is 4.79 Å². The average molecular weight is 346 g/mol. The van der Waals surface area contributed by atoms with Crippen molar-refractivity contribution in [3.63, 3.8) is 0 Å². The molecular weight excluding hydrogens is 324 g/mol. The number of hydrogen-bond donors (Lipinski definition) is 3. The van der Waals surface area contributed by atoms with Crippen LogP contribution in [0.3, 0.4) is 0 Å². The van der Waals surface area contributed by atoms with E-state index in [2.05, 4.69) is 20.9 Å². The Labute approximate surface area is 145 Å². The summed E-state index contributed by atoms with van der Waals surface area (Å²) >= 11 is 1.56. The van der Waals surface area contributed by atoms with Gasteiger partial charge in [-0.15, -0.1) is 11.3 Å². The average Bonchev–Trinajstić information content (AvgIpc) is 3.01. The molecule has 6 nitrogen and oxygen atoms in total. The van der Waals surface area contributed by atoms with E-state index in [-0.39, 0.29) is 18.0 Å².